The highest BCUT2D eigenvalue weighted by Crippen LogP contribution is 2.41. The number of aromatic hydroxyl groups is 1. The zero-order chi connectivity index (χ0) is 18.7. The molecule has 0 fully saturated rings. The van der Waals surface area contributed by atoms with Gasteiger partial charge in [0.25, 0.3) is 5.56 Å². The molecule has 2 N–H and O–H groups in total. The van der Waals surface area contributed by atoms with Crippen LogP contribution in [0.3, 0.4) is 0 Å². The molecule has 0 unspecified atom stereocenters. The molecular weight excluding hydrogens is 333 g/mol. The number of H-pyrrole nitrogens is 1. The van der Waals surface area contributed by atoms with Crippen molar-refractivity contribution in [1.29, 1.82) is 0 Å². The molecule has 0 saturated carbocycles. The van der Waals surface area contributed by atoms with Gasteiger partial charge in [0, 0.05) is 35.9 Å². The highest BCUT2D eigenvalue weighted by atomic mass is 19.1. The molecule has 0 saturated heterocycles. The number of nitrogens with zero attached hydrogens (tertiary/aromatic N) is 2. The second-order valence-electron chi connectivity index (χ2n) is 6.41. The van der Waals surface area contributed by atoms with Crippen LogP contribution in [-0.4, -0.2) is 34.9 Å². The normalized spacial score (nSPS) is 11.7. The molecule has 0 radical (unpaired) electrons. The number of fused-ring (bicyclic) bond motifs is 3. The van der Waals surface area contributed by atoms with Crippen molar-refractivity contribution in [1.82, 2.24) is 9.88 Å². The van der Waals surface area contributed by atoms with Crippen molar-refractivity contribution in [2.75, 3.05) is 13.6 Å². The van der Waals surface area contributed by atoms with Crippen molar-refractivity contribution in [3.05, 3.63) is 46.6 Å². The lowest BCUT2D eigenvalue weighted by atomic mass is 10.0. The maximum atomic E-state index is 13.8. The molecule has 5 nitrogen and oxygen atoms in total. The fraction of sp³-hybridized carbons (Fsp3) is 0.300. The Hall–Kier alpha value is -2.89. The van der Waals surface area contributed by atoms with Gasteiger partial charge in [0.1, 0.15) is 17.3 Å². The van der Waals surface area contributed by atoms with Crippen LogP contribution >= 0.6 is 0 Å². The number of rotatable bonds is 6. The quantitative estimate of drug-likeness (QED) is 0.300. The first kappa shape index (κ1) is 17.9. The van der Waals surface area contributed by atoms with E-state index in [-0.39, 0.29) is 16.7 Å². The molecule has 1 aromatic heterocycles. The van der Waals surface area contributed by atoms with Crippen LogP contribution in [0.4, 0.5) is 10.1 Å². The molecule has 0 atom stereocenters. The number of hydrogen-bond donors (Lipinski definition) is 2. The maximum absolute atomic E-state index is 13.8. The molecule has 0 spiro atoms. The number of pyridine rings is 1. The molecule has 1 heterocycles. The Morgan fingerprint density at radius 1 is 1.23 bits per heavy atom. The van der Waals surface area contributed by atoms with Gasteiger partial charge in [0.05, 0.1) is 11.7 Å². The first-order valence-corrected chi connectivity index (χ1v) is 8.73. The average molecular weight is 355 g/mol. The molecule has 0 aliphatic heterocycles. The van der Waals surface area contributed by atoms with Gasteiger partial charge < -0.3 is 15.0 Å². The van der Waals surface area contributed by atoms with Gasteiger partial charge in [-0.3, -0.25) is 4.79 Å². The SMILES string of the molecule is CCCCCN(C)C=Nc1c(O)c2cc[nH]c(=O)c2c2cc(F)ccc12. The minimum absolute atomic E-state index is 0.0802. The summed E-state index contributed by atoms with van der Waals surface area (Å²) in [5.41, 5.74) is -0.0407. The van der Waals surface area contributed by atoms with E-state index in [1.165, 1.54) is 18.3 Å². The molecule has 0 bridgehead atoms. The minimum atomic E-state index is -0.445. The minimum Gasteiger partial charge on any atom is -0.505 e. The fourth-order valence-electron chi connectivity index (χ4n) is 3.08. The lowest BCUT2D eigenvalue weighted by Gasteiger charge is -2.14. The number of hydrogen-bond acceptors (Lipinski definition) is 3. The van der Waals surface area contributed by atoms with Gasteiger partial charge in [-0.25, -0.2) is 9.38 Å². The van der Waals surface area contributed by atoms with Crippen molar-refractivity contribution >= 4 is 33.6 Å². The zero-order valence-electron chi connectivity index (χ0n) is 14.9. The number of aromatic amines is 1. The van der Waals surface area contributed by atoms with Gasteiger partial charge in [0.2, 0.25) is 0 Å². The van der Waals surface area contributed by atoms with Gasteiger partial charge >= 0.3 is 0 Å². The van der Waals surface area contributed by atoms with E-state index in [1.54, 1.807) is 18.5 Å². The highest BCUT2D eigenvalue weighted by Gasteiger charge is 2.16. The molecule has 136 valence electrons. The topological polar surface area (TPSA) is 68.7 Å². The molecule has 0 aliphatic rings. The number of phenols is 1. The number of aromatic nitrogens is 1. The van der Waals surface area contributed by atoms with Gasteiger partial charge in [-0.2, -0.15) is 0 Å². The molecule has 0 aliphatic carbocycles. The summed E-state index contributed by atoms with van der Waals surface area (Å²) >= 11 is 0. The van der Waals surface area contributed by atoms with E-state index in [2.05, 4.69) is 16.9 Å². The molecule has 3 rings (SSSR count). The smallest absolute Gasteiger partial charge is 0.256 e. The molecule has 0 amide bonds. The lowest BCUT2D eigenvalue weighted by molar-refractivity contribution is 0.480. The predicted octanol–water partition coefficient (Wildman–Crippen LogP) is 4.31. The van der Waals surface area contributed by atoms with Crippen molar-refractivity contribution < 1.29 is 9.50 Å². The number of nitrogens with one attached hydrogen (secondary N) is 1. The third-order valence-electron chi connectivity index (χ3n) is 4.44. The van der Waals surface area contributed by atoms with E-state index in [9.17, 15) is 14.3 Å². The highest BCUT2D eigenvalue weighted by molar-refractivity contribution is 6.15. The van der Waals surface area contributed by atoms with Crippen LogP contribution in [0.25, 0.3) is 21.5 Å². The number of benzene rings is 2. The zero-order valence-corrected chi connectivity index (χ0v) is 14.9. The Kier molecular flexibility index (Phi) is 5.21. The first-order valence-electron chi connectivity index (χ1n) is 8.73. The summed E-state index contributed by atoms with van der Waals surface area (Å²) < 4.78 is 13.8. The van der Waals surface area contributed by atoms with E-state index in [0.717, 1.165) is 25.8 Å². The third kappa shape index (κ3) is 3.40. The van der Waals surface area contributed by atoms with Crippen molar-refractivity contribution in [2.45, 2.75) is 26.2 Å². The van der Waals surface area contributed by atoms with Gasteiger partial charge in [-0.05, 0) is 30.7 Å². The summed E-state index contributed by atoms with van der Waals surface area (Å²) in [6.45, 7) is 3.01. The Balaban J connectivity index is 2.15. The van der Waals surface area contributed by atoms with Crippen LogP contribution in [0.1, 0.15) is 26.2 Å². The van der Waals surface area contributed by atoms with E-state index in [4.69, 9.17) is 0 Å². The van der Waals surface area contributed by atoms with Gasteiger partial charge in [0.15, 0.2) is 0 Å². The van der Waals surface area contributed by atoms with Gasteiger partial charge in [-0.1, -0.05) is 19.8 Å². The summed E-state index contributed by atoms with van der Waals surface area (Å²) in [5, 5.41) is 12.3. The second kappa shape index (κ2) is 7.56. The van der Waals surface area contributed by atoms with Crippen LogP contribution < -0.4 is 5.56 Å². The number of unbranched alkanes of at least 4 members (excludes halogenated alkanes) is 2. The van der Waals surface area contributed by atoms with Crippen molar-refractivity contribution in [2.24, 2.45) is 4.99 Å². The molecule has 3 aromatic rings. The Labute approximate surface area is 150 Å². The summed E-state index contributed by atoms with van der Waals surface area (Å²) in [4.78, 5) is 21.2. The summed E-state index contributed by atoms with van der Waals surface area (Å²) in [7, 11) is 1.92. The molecule has 2 aromatic carbocycles. The fourth-order valence-corrected chi connectivity index (χ4v) is 3.08. The van der Waals surface area contributed by atoms with Crippen LogP contribution in [0.2, 0.25) is 0 Å². The standard InChI is InChI=1S/C20H22FN3O2/c1-3-4-5-10-24(2)12-23-18-14-7-6-13(21)11-16(14)17-15(19(18)25)8-9-22-20(17)26/h6-9,11-12,25H,3-5,10H2,1-2H3,(H,22,26). The maximum Gasteiger partial charge on any atom is 0.256 e. The molecule has 26 heavy (non-hydrogen) atoms. The average Bonchev–Trinajstić information content (AvgIpc) is 2.62. The molecule has 6 heteroatoms. The summed E-state index contributed by atoms with van der Waals surface area (Å²) in [5.74, 6) is -0.525. The van der Waals surface area contributed by atoms with E-state index >= 15 is 0 Å². The van der Waals surface area contributed by atoms with E-state index < -0.39 is 5.82 Å². The third-order valence-corrected chi connectivity index (χ3v) is 4.44. The number of phenolic OH excluding ortho intramolecular Hbond substituents is 1. The summed E-state index contributed by atoms with van der Waals surface area (Å²) in [6.07, 6.45) is 6.46. The Morgan fingerprint density at radius 3 is 2.81 bits per heavy atom. The van der Waals surface area contributed by atoms with Gasteiger partial charge in [-0.15, -0.1) is 0 Å². The second-order valence-corrected chi connectivity index (χ2v) is 6.41. The van der Waals surface area contributed by atoms with Crippen molar-refractivity contribution in [3.63, 3.8) is 0 Å². The monoisotopic (exact) mass is 355 g/mol. The van der Waals surface area contributed by atoms with Crippen LogP contribution in [0, 0.1) is 5.82 Å². The predicted molar refractivity (Wildman–Crippen MR) is 104 cm³/mol. The van der Waals surface area contributed by atoms with Crippen LogP contribution in [0.15, 0.2) is 40.2 Å². The van der Waals surface area contributed by atoms with E-state index in [1.807, 2.05) is 11.9 Å². The largest absolute Gasteiger partial charge is 0.505 e. The van der Waals surface area contributed by atoms with Crippen LogP contribution in [0.5, 0.6) is 5.75 Å². The number of aliphatic imine (C=N–C) groups is 1. The lowest BCUT2D eigenvalue weighted by Crippen LogP contribution is -2.17. The van der Waals surface area contributed by atoms with Crippen LogP contribution in [-0.2, 0) is 0 Å². The first-order chi connectivity index (χ1) is 12.5. The van der Waals surface area contributed by atoms with E-state index in [0.29, 0.717) is 21.8 Å². The molecular formula is C20H22FN3O2. The number of halogens is 1. The summed E-state index contributed by atoms with van der Waals surface area (Å²) in [6, 6.07) is 5.74. The Morgan fingerprint density at radius 2 is 2.04 bits per heavy atom. The Bertz CT molecular complexity index is 1030. The van der Waals surface area contributed by atoms with Crippen molar-refractivity contribution in [3.8, 4) is 5.75 Å².